The fourth-order valence-corrected chi connectivity index (χ4v) is 1.17. The van der Waals surface area contributed by atoms with Crippen molar-refractivity contribution in [3.8, 4) is 0 Å². The van der Waals surface area contributed by atoms with E-state index in [1.807, 2.05) is 30.3 Å². The predicted molar refractivity (Wildman–Crippen MR) is 50.5 cm³/mol. The molecule has 0 aliphatic rings. The molecule has 0 aliphatic carbocycles. The summed E-state index contributed by atoms with van der Waals surface area (Å²) in [6.45, 7) is 0. The van der Waals surface area contributed by atoms with Crippen LogP contribution >= 0.6 is 34.8 Å². The molecule has 0 heterocycles. The molecule has 1 aromatic rings. The minimum atomic E-state index is -0.956. The highest BCUT2D eigenvalue weighted by molar-refractivity contribution is 6.51. The minimum Gasteiger partial charge on any atom is -0.123 e. The summed E-state index contributed by atoms with van der Waals surface area (Å²) in [7, 11) is 0. The van der Waals surface area contributed by atoms with Crippen molar-refractivity contribution in [2.45, 2.75) is 4.33 Å². The Labute approximate surface area is 81.1 Å². The lowest BCUT2D eigenvalue weighted by Crippen LogP contribution is -2.11. The summed E-state index contributed by atoms with van der Waals surface area (Å²) >= 11 is 17.3. The van der Waals surface area contributed by atoms with Gasteiger partial charge in [-0.05, 0) is 5.56 Å². The van der Waals surface area contributed by atoms with Crippen molar-refractivity contribution < 1.29 is 0 Å². The molecular weight excluding hydrogens is 202 g/mol. The van der Waals surface area contributed by atoms with E-state index in [0.717, 1.165) is 5.56 Å². The third-order valence-electron chi connectivity index (χ3n) is 1.36. The van der Waals surface area contributed by atoms with E-state index in [1.165, 1.54) is 0 Å². The highest BCUT2D eigenvalue weighted by atomic mass is 35.5. The molecule has 0 spiro atoms. The van der Waals surface area contributed by atoms with E-state index in [-0.39, 0.29) is 5.88 Å². The summed E-state index contributed by atoms with van der Waals surface area (Å²) in [6, 6.07) is 9.36. The standard InChI is InChI=1S/C8H7Cl3/c9-6-8(10,11)7-4-2-1-3-5-7/h1-5H,6H2. The van der Waals surface area contributed by atoms with Crippen molar-refractivity contribution in [2.75, 3.05) is 5.88 Å². The van der Waals surface area contributed by atoms with Gasteiger partial charge in [-0.1, -0.05) is 53.5 Å². The predicted octanol–water partition coefficient (Wildman–Crippen LogP) is 3.56. The third-order valence-corrected chi connectivity index (χ3v) is 2.74. The van der Waals surface area contributed by atoms with E-state index < -0.39 is 4.33 Å². The molecular formula is C8H7Cl3. The largest absolute Gasteiger partial charge is 0.156 e. The smallest absolute Gasteiger partial charge is 0.123 e. The van der Waals surface area contributed by atoms with Crippen LogP contribution in [0.15, 0.2) is 30.3 Å². The maximum absolute atomic E-state index is 5.88. The van der Waals surface area contributed by atoms with Gasteiger partial charge in [0.25, 0.3) is 0 Å². The maximum Gasteiger partial charge on any atom is 0.156 e. The molecule has 0 aromatic heterocycles. The molecule has 1 rings (SSSR count). The zero-order valence-electron chi connectivity index (χ0n) is 5.73. The summed E-state index contributed by atoms with van der Waals surface area (Å²) in [6.07, 6.45) is 0. The van der Waals surface area contributed by atoms with Gasteiger partial charge in [0, 0.05) is 0 Å². The Morgan fingerprint density at radius 2 is 1.64 bits per heavy atom. The second-order valence-electron chi connectivity index (χ2n) is 2.20. The Balaban J connectivity index is 2.93. The van der Waals surface area contributed by atoms with Gasteiger partial charge in [0.2, 0.25) is 0 Å². The molecule has 60 valence electrons. The van der Waals surface area contributed by atoms with Gasteiger partial charge < -0.3 is 0 Å². The van der Waals surface area contributed by atoms with Gasteiger partial charge in [0.1, 0.15) is 0 Å². The fourth-order valence-electron chi connectivity index (χ4n) is 0.759. The van der Waals surface area contributed by atoms with E-state index >= 15 is 0 Å². The Morgan fingerprint density at radius 3 is 2.09 bits per heavy atom. The van der Waals surface area contributed by atoms with Crippen molar-refractivity contribution in [1.82, 2.24) is 0 Å². The molecule has 0 amide bonds. The first-order chi connectivity index (χ1) is 5.17. The molecule has 0 unspecified atom stereocenters. The average Bonchev–Trinajstić information content (AvgIpc) is 2.06. The molecule has 1 aromatic carbocycles. The van der Waals surface area contributed by atoms with E-state index in [2.05, 4.69) is 0 Å². The lowest BCUT2D eigenvalue weighted by atomic mass is 10.2. The lowest BCUT2D eigenvalue weighted by molar-refractivity contribution is 0.987. The van der Waals surface area contributed by atoms with Gasteiger partial charge in [-0.25, -0.2) is 0 Å². The van der Waals surface area contributed by atoms with E-state index in [4.69, 9.17) is 34.8 Å². The zero-order chi connectivity index (χ0) is 8.32. The van der Waals surface area contributed by atoms with Crippen molar-refractivity contribution in [2.24, 2.45) is 0 Å². The summed E-state index contributed by atoms with van der Waals surface area (Å²) in [4.78, 5) is 0. The molecule has 0 N–H and O–H groups in total. The highest BCUT2D eigenvalue weighted by Crippen LogP contribution is 2.34. The Hall–Kier alpha value is 0.0900. The number of hydrogen-bond donors (Lipinski definition) is 0. The lowest BCUT2D eigenvalue weighted by Gasteiger charge is -2.15. The molecule has 0 radical (unpaired) electrons. The quantitative estimate of drug-likeness (QED) is 0.654. The Bertz CT molecular complexity index is 218. The van der Waals surface area contributed by atoms with Crippen molar-refractivity contribution in [3.05, 3.63) is 35.9 Å². The molecule has 0 bridgehead atoms. The third kappa shape index (κ3) is 2.26. The number of alkyl halides is 3. The van der Waals surface area contributed by atoms with Crippen LogP contribution in [0.4, 0.5) is 0 Å². The van der Waals surface area contributed by atoms with E-state index in [1.54, 1.807) is 0 Å². The van der Waals surface area contributed by atoms with Crippen molar-refractivity contribution in [3.63, 3.8) is 0 Å². The first-order valence-electron chi connectivity index (χ1n) is 3.16. The van der Waals surface area contributed by atoms with Gasteiger partial charge >= 0.3 is 0 Å². The van der Waals surface area contributed by atoms with Gasteiger partial charge in [-0.3, -0.25) is 0 Å². The number of hydrogen-bond acceptors (Lipinski definition) is 0. The summed E-state index contributed by atoms with van der Waals surface area (Å²) < 4.78 is -0.956. The first kappa shape index (κ1) is 9.18. The number of benzene rings is 1. The monoisotopic (exact) mass is 208 g/mol. The number of halogens is 3. The zero-order valence-corrected chi connectivity index (χ0v) is 8.00. The van der Waals surface area contributed by atoms with Crippen LogP contribution in [0.5, 0.6) is 0 Å². The molecule has 0 aliphatic heterocycles. The van der Waals surface area contributed by atoms with Crippen LogP contribution in [0.1, 0.15) is 5.56 Å². The van der Waals surface area contributed by atoms with Gasteiger partial charge in [-0.15, -0.1) is 11.6 Å². The van der Waals surface area contributed by atoms with Gasteiger partial charge in [-0.2, -0.15) is 0 Å². The van der Waals surface area contributed by atoms with Crippen molar-refractivity contribution in [1.29, 1.82) is 0 Å². The molecule has 3 heteroatoms. The Morgan fingerprint density at radius 1 is 1.09 bits per heavy atom. The van der Waals surface area contributed by atoms with Crippen LogP contribution in [0.2, 0.25) is 0 Å². The molecule has 0 saturated heterocycles. The highest BCUT2D eigenvalue weighted by Gasteiger charge is 2.24. The van der Waals surface area contributed by atoms with Crippen LogP contribution in [0.25, 0.3) is 0 Å². The average molecular weight is 210 g/mol. The molecule has 11 heavy (non-hydrogen) atoms. The number of rotatable bonds is 2. The summed E-state index contributed by atoms with van der Waals surface area (Å²) in [5.74, 6) is 0.195. The molecule has 0 atom stereocenters. The SMILES string of the molecule is ClCC(Cl)(Cl)c1ccccc1. The van der Waals surface area contributed by atoms with Crippen LogP contribution < -0.4 is 0 Å². The second-order valence-corrected chi connectivity index (χ2v) is 3.96. The van der Waals surface area contributed by atoms with Crippen LogP contribution in [-0.4, -0.2) is 5.88 Å². The van der Waals surface area contributed by atoms with Crippen molar-refractivity contribution >= 4 is 34.8 Å². The molecule has 0 fully saturated rings. The van der Waals surface area contributed by atoms with Crippen LogP contribution in [0.3, 0.4) is 0 Å². The second kappa shape index (κ2) is 3.66. The van der Waals surface area contributed by atoms with Crippen LogP contribution in [0, 0.1) is 0 Å². The van der Waals surface area contributed by atoms with Crippen LogP contribution in [-0.2, 0) is 4.33 Å². The van der Waals surface area contributed by atoms with Gasteiger partial charge in [0.05, 0.1) is 5.88 Å². The normalized spacial score (nSPS) is 11.5. The van der Waals surface area contributed by atoms with E-state index in [9.17, 15) is 0 Å². The summed E-state index contributed by atoms with van der Waals surface area (Å²) in [5.41, 5.74) is 0.832. The minimum absolute atomic E-state index is 0.195. The van der Waals surface area contributed by atoms with Gasteiger partial charge in [0.15, 0.2) is 4.33 Å². The first-order valence-corrected chi connectivity index (χ1v) is 4.45. The Kier molecular flexibility index (Phi) is 3.06. The molecule has 0 saturated carbocycles. The maximum atomic E-state index is 5.88. The summed E-state index contributed by atoms with van der Waals surface area (Å²) in [5, 5.41) is 0. The molecule has 0 nitrogen and oxygen atoms in total. The topological polar surface area (TPSA) is 0 Å². The fraction of sp³-hybridized carbons (Fsp3) is 0.250. The van der Waals surface area contributed by atoms with E-state index in [0.29, 0.717) is 0 Å².